The molecule has 0 aromatic carbocycles. The van der Waals surface area contributed by atoms with Crippen molar-refractivity contribution in [3.8, 4) is 0 Å². The Morgan fingerprint density at radius 3 is 2.73 bits per heavy atom. The van der Waals surface area contributed by atoms with Gasteiger partial charge < -0.3 is 15.6 Å². The Labute approximate surface area is 67.5 Å². The molecule has 1 aliphatic rings. The monoisotopic (exact) mass is 159 g/mol. The van der Waals surface area contributed by atoms with Gasteiger partial charge in [-0.1, -0.05) is 0 Å². The van der Waals surface area contributed by atoms with Gasteiger partial charge in [0.15, 0.2) is 0 Å². The Morgan fingerprint density at radius 1 is 1.73 bits per heavy atom. The molecule has 0 amide bonds. The molecule has 11 heavy (non-hydrogen) atoms. The summed E-state index contributed by atoms with van der Waals surface area (Å²) < 4.78 is 5.57. The van der Waals surface area contributed by atoms with Crippen LogP contribution in [0.15, 0.2) is 0 Å². The van der Waals surface area contributed by atoms with Crippen molar-refractivity contribution in [1.82, 2.24) is 0 Å². The Hall–Kier alpha value is -0.120. The predicted octanol–water partition coefficient (Wildman–Crippen LogP) is 0.264. The maximum absolute atomic E-state index is 9.34. The normalized spacial score (nSPS) is 32.2. The van der Waals surface area contributed by atoms with E-state index in [9.17, 15) is 5.11 Å². The molecule has 2 atom stereocenters. The number of rotatable bonds is 2. The summed E-state index contributed by atoms with van der Waals surface area (Å²) in [4.78, 5) is 0. The smallest absolute Gasteiger partial charge is 0.0923 e. The summed E-state index contributed by atoms with van der Waals surface area (Å²) in [7, 11) is 0. The predicted molar refractivity (Wildman–Crippen MR) is 43.2 cm³/mol. The molecular weight excluding hydrogens is 142 g/mol. The number of hydrogen-bond donors (Lipinski definition) is 2. The second-order valence-electron chi connectivity index (χ2n) is 3.76. The Kier molecular flexibility index (Phi) is 2.52. The van der Waals surface area contributed by atoms with Crippen LogP contribution in [0.4, 0.5) is 0 Å². The zero-order valence-electron chi connectivity index (χ0n) is 7.21. The summed E-state index contributed by atoms with van der Waals surface area (Å²) in [6, 6.07) is 0. The maximum atomic E-state index is 9.34. The SMILES string of the molecule is CC1(C)CC[C@H]([C@@H](O)CN)O1. The fraction of sp³-hybridized carbons (Fsp3) is 1.00. The lowest BCUT2D eigenvalue weighted by molar-refractivity contribution is -0.0675. The maximum Gasteiger partial charge on any atom is 0.0923 e. The Bertz CT molecular complexity index is 136. The summed E-state index contributed by atoms with van der Waals surface area (Å²) in [5.74, 6) is 0. The van der Waals surface area contributed by atoms with Gasteiger partial charge in [-0.05, 0) is 26.7 Å². The molecule has 1 rings (SSSR count). The molecule has 0 saturated carbocycles. The molecule has 1 saturated heterocycles. The molecule has 3 N–H and O–H groups in total. The van der Waals surface area contributed by atoms with Crippen LogP contribution in [0.1, 0.15) is 26.7 Å². The van der Waals surface area contributed by atoms with Crippen molar-refractivity contribution in [2.75, 3.05) is 6.54 Å². The van der Waals surface area contributed by atoms with E-state index in [1.165, 1.54) is 0 Å². The fourth-order valence-electron chi connectivity index (χ4n) is 1.44. The summed E-state index contributed by atoms with van der Waals surface area (Å²) in [5.41, 5.74) is 5.24. The molecule has 1 fully saturated rings. The van der Waals surface area contributed by atoms with Crippen LogP contribution in [0, 0.1) is 0 Å². The zero-order chi connectivity index (χ0) is 8.48. The summed E-state index contributed by atoms with van der Waals surface area (Å²) in [6.07, 6.45) is 1.40. The van der Waals surface area contributed by atoms with Gasteiger partial charge in [-0.3, -0.25) is 0 Å². The average molecular weight is 159 g/mol. The van der Waals surface area contributed by atoms with Gasteiger partial charge in [0.25, 0.3) is 0 Å². The van der Waals surface area contributed by atoms with Crippen LogP contribution in [-0.2, 0) is 4.74 Å². The molecular formula is C8H17NO2. The van der Waals surface area contributed by atoms with Crippen molar-refractivity contribution in [3.63, 3.8) is 0 Å². The third kappa shape index (κ3) is 2.15. The number of aliphatic hydroxyl groups excluding tert-OH is 1. The molecule has 1 aliphatic heterocycles. The third-order valence-electron chi connectivity index (χ3n) is 2.17. The minimum Gasteiger partial charge on any atom is -0.389 e. The molecule has 0 aromatic heterocycles. The number of ether oxygens (including phenoxy) is 1. The Morgan fingerprint density at radius 2 is 2.36 bits per heavy atom. The van der Waals surface area contributed by atoms with Crippen molar-refractivity contribution in [3.05, 3.63) is 0 Å². The molecule has 3 nitrogen and oxygen atoms in total. The first-order valence-electron chi connectivity index (χ1n) is 4.11. The molecule has 0 bridgehead atoms. The van der Waals surface area contributed by atoms with E-state index in [0.29, 0.717) is 6.54 Å². The van der Waals surface area contributed by atoms with Gasteiger partial charge in [0.2, 0.25) is 0 Å². The third-order valence-corrected chi connectivity index (χ3v) is 2.17. The molecule has 1 heterocycles. The first-order valence-corrected chi connectivity index (χ1v) is 4.11. The van der Waals surface area contributed by atoms with Crippen LogP contribution in [0.2, 0.25) is 0 Å². The highest BCUT2D eigenvalue weighted by Gasteiger charge is 2.34. The highest BCUT2D eigenvalue weighted by molar-refractivity contribution is 4.84. The lowest BCUT2D eigenvalue weighted by atomic mass is 10.0. The van der Waals surface area contributed by atoms with Crippen molar-refractivity contribution in [2.24, 2.45) is 5.73 Å². The number of hydrogen-bond acceptors (Lipinski definition) is 3. The molecule has 3 heteroatoms. The largest absolute Gasteiger partial charge is 0.389 e. The minimum absolute atomic E-state index is 0.0463. The number of aliphatic hydroxyl groups is 1. The zero-order valence-corrected chi connectivity index (χ0v) is 7.21. The van der Waals surface area contributed by atoms with E-state index in [1.807, 2.05) is 13.8 Å². The van der Waals surface area contributed by atoms with Crippen LogP contribution >= 0.6 is 0 Å². The first-order chi connectivity index (χ1) is 5.05. The average Bonchev–Trinajstić information content (AvgIpc) is 2.29. The fourth-order valence-corrected chi connectivity index (χ4v) is 1.44. The van der Waals surface area contributed by atoms with Crippen LogP contribution in [-0.4, -0.2) is 29.5 Å². The van der Waals surface area contributed by atoms with E-state index in [4.69, 9.17) is 10.5 Å². The van der Waals surface area contributed by atoms with Crippen LogP contribution in [0.25, 0.3) is 0 Å². The molecule has 0 aliphatic carbocycles. The van der Waals surface area contributed by atoms with Crippen molar-refractivity contribution in [2.45, 2.75) is 44.5 Å². The van der Waals surface area contributed by atoms with Gasteiger partial charge in [-0.25, -0.2) is 0 Å². The quantitative estimate of drug-likeness (QED) is 0.608. The van der Waals surface area contributed by atoms with E-state index in [0.717, 1.165) is 12.8 Å². The van der Waals surface area contributed by atoms with E-state index in [2.05, 4.69) is 0 Å². The van der Waals surface area contributed by atoms with E-state index < -0.39 is 6.10 Å². The Balaban J connectivity index is 2.41. The molecule has 66 valence electrons. The van der Waals surface area contributed by atoms with Crippen molar-refractivity contribution >= 4 is 0 Å². The number of nitrogens with two attached hydrogens (primary N) is 1. The standard InChI is InChI=1S/C8H17NO2/c1-8(2)4-3-7(11-8)6(10)5-9/h6-7,10H,3-5,9H2,1-2H3/t6-,7+/m0/s1. The second-order valence-corrected chi connectivity index (χ2v) is 3.76. The van der Waals surface area contributed by atoms with Gasteiger partial charge in [0.1, 0.15) is 0 Å². The molecule has 0 spiro atoms. The highest BCUT2D eigenvalue weighted by Crippen LogP contribution is 2.30. The second kappa shape index (κ2) is 3.09. The molecule has 0 radical (unpaired) electrons. The summed E-state index contributed by atoms with van der Waals surface area (Å²) in [5, 5.41) is 9.34. The molecule has 0 aromatic rings. The lowest BCUT2D eigenvalue weighted by Crippen LogP contribution is -2.34. The summed E-state index contributed by atoms with van der Waals surface area (Å²) >= 11 is 0. The van der Waals surface area contributed by atoms with Gasteiger partial charge in [0.05, 0.1) is 17.8 Å². The van der Waals surface area contributed by atoms with Gasteiger partial charge >= 0.3 is 0 Å². The van der Waals surface area contributed by atoms with Gasteiger partial charge in [-0.15, -0.1) is 0 Å². The molecule has 0 unspecified atom stereocenters. The topological polar surface area (TPSA) is 55.5 Å². The van der Waals surface area contributed by atoms with E-state index in [-0.39, 0.29) is 11.7 Å². The van der Waals surface area contributed by atoms with Gasteiger partial charge in [0, 0.05) is 6.54 Å². The minimum atomic E-state index is -0.489. The van der Waals surface area contributed by atoms with Crippen LogP contribution in [0.3, 0.4) is 0 Å². The van der Waals surface area contributed by atoms with E-state index >= 15 is 0 Å². The van der Waals surface area contributed by atoms with Crippen LogP contribution in [0.5, 0.6) is 0 Å². The summed E-state index contributed by atoms with van der Waals surface area (Å²) in [6.45, 7) is 4.37. The first kappa shape index (κ1) is 8.97. The van der Waals surface area contributed by atoms with Crippen molar-refractivity contribution < 1.29 is 9.84 Å². The van der Waals surface area contributed by atoms with Crippen molar-refractivity contribution in [1.29, 1.82) is 0 Å². The van der Waals surface area contributed by atoms with E-state index in [1.54, 1.807) is 0 Å². The van der Waals surface area contributed by atoms with Crippen LogP contribution < -0.4 is 5.73 Å². The lowest BCUT2D eigenvalue weighted by Gasteiger charge is -2.21. The van der Waals surface area contributed by atoms with Gasteiger partial charge in [-0.2, -0.15) is 0 Å². The highest BCUT2D eigenvalue weighted by atomic mass is 16.5.